The van der Waals surface area contributed by atoms with Gasteiger partial charge in [-0.05, 0) is 32.4 Å². The predicted molar refractivity (Wildman–Crippen MR) is 69.6 cm³/mol. The van der Waals surface area contributed by atoms with Crippen molar-refractivity contribution in [1.82, 2.24) is 14.5 Å². The van der Waals surface area contributed by atoms with E-state index in [0.29, 0.717) is 12.0 Å². The summed E-state index contributed by atoms with van der Waals surface area (Å²) in [4.78, 5) is 6.86. The Morgan fingerprint density at radius 1 is 1.53 bits per heavy atom. The quantitative estimate of drug-likeness (QED) is 0.864. The third-order valence-electron chi connectivity index (χ3n) is 3.84. The second-order valence-electron chi connectivity index (χ2n) is 5.48. The molecular weight excluding hydrogens is 212 g/mol. The lowest BCUT2D eigenvalue weighted by molar-refractivity contribution is 0.277. The zero-order chi connectivity index (χ0) is 12.4. The summed E-state index contributed by atoms with van der Waals surface area (Å²) in [5.74, 6) is 1.46. The Kier molecular flexibility index (Phi) is 3.84. The van der Waals surface area contributed by atoms with Gasteiger partial charge < -0.3 is 15.2 Å². The lowest BCUT2D eigenvalue weighted by Gasteiger charge is -2.23. The number of likely N-dealkylation sites (tertiary alicyclic amines) is 1. The van der Waals surface area contributed by atoms with Crippen molar-refractivity contribution in [3.8, 4) is 0 Å². The van der Waals surface area contributed by atoms with E-state index in [4.69, 9.17) is 5.73 Å². The van der Waals surface area contributed by atoms with Crippen LogP contribution in [0.5, 0.6) is 0 Å². The minimum Gasteiger partial charge on any atom is -0.332 e. The van der Waals surface area contributed by atoms with Crippen LogP contribution in [0.2, 0.25) is 0 Å². The summed E-state index contributed by atoms with van der Waals surface area (Å²) in [6.07, 6.45) is 6.52. The van der Waals surface area contributed by atoms with Crippen LogP contribution in [0.4, 0.5) is 0 Å². The summed E-state index contributed by atoms with van der Waals surface area (Å²) in [5.41, 5.74) is 6.20. The molecule has 1 fully saturated rings. The monoisotopic (exact) mass is 236 g/mol. The first-order valence-electron chi connectivity index (χ1n) is 6.56. The number of nitrogens with two attached hydrogens (primary N) is 1. The molecule has 1 aliphatic rings. The Hall–Kier alpha value is -0.870. The molecule has 0 bridgehead atoms. The van der Waals surface area contributed by atoms with Gasteiger partial charge in [0.15, 0.2) is 0 Å². The molecule has 2 atom stereocenters. The van der Waals surface area contributed by atoms with Crippen molar-refractivity contribution in [2.45, 2.75) is 45.3 Å². The van der Waals surface area contributed by atoms with Crippen molar-refractivity contribution in [3.63, 3.8) is 0 Å². The predicted octanol–water partition coefficient (Wildman–Crippen LogP) is 1.63. The topological polar surface area (TPSA) is 47.1 Å². The van der Waals surface area contributed by atoms with E-state index >= 15 is 0 Å². The van der Waals surface area contributed by atoms with E-state index < -0.39 is 0 Å². The Bertz CT molecular complexity index is 358. The maximum Gasteiger partial charge on any atom is 0.125 e. The highest BCUT2D eigenvalue weighted by atomic mass is 15.2. The van der Waals surface area contributed by atoms with Crippen molar-refractivity contribution in [1.29, 1.82) is 0 Å². The summed E-state index contributed by atoms with van der Waals surface area (Å²) in [6, 6.07) is 0.680. The van der Waals surface area contributed by atoms with Gasteiger partial charge >= 0.3 is 0 Å². The first-order chi connectivity index (χ1) is 8.09. The lowest BCUT2D eigenvalue weighted by Crippen LogP contribution is -2.31. The molecule has 0 aromatic carbocycles. The van der Waals surface area contributed by atoms with Gasteiger partial charge in [-0.2, -0.15) is 0 Å². The fraction of sp³-hybridized carbons (Fsp3) is 0.769. The van der Waals surface area contributed by atoms with Crippen molar-refractivity contribution >= 4 is 0 Å². The molecule has 2 N–H and O–H groups in total. The molecule has 0 spiro atoms. The van der Waals surface area contributed by atoms with Crippen LogP contribution in [0.3, 0.4) is 0 Å². The molecule has 1 saturated heterocycles. The zero-order valence-corrected chi connectivity index (χ0v) is 11.1. The minimum atomic E-state index is 0.0386. The second-order valence-corrected chi connectivity index (χ2v) is 5.48. The highest BCUT2D eigenvalue weighted by Crippen LogP contribution is 2.21. The normalized spacial score (nSPS) is 23.5. The molecule has 0 saturated carbocycles. The van der Waals surface area contributed by atoms with Gasteiger partial charge in [0, 0.05) is 25.0 Å². The van der Waals surface area contributed by atoms with Crippen LogP contribution in [-0.4, -0.2) is 34.1 Å². The largest absolute Gasteiger partial charge is 0.332 e. The molecule has 96 valence electrons. The van der Waals surface area contributed by atoms with Gasteiger partial charge in [-0.15, -0.1) is 0 Å². The van der Waals surface area contributed by atoms with E-state index in [-0.39, 0.29) is 6.04 Å². The highest BCUT2D eigenvalue weighted by Gasteiger charge is 2.23. The van der Waals surface area contributed by atoms with Crippen LogP contribution in [-0.2, 0) is 6.54 Å². The number of nitrogens with zero attached hydrogens (tertiary/aromatic N) is 3. The molecule has 2 heterocycles. The molecule has 1 aliphatic heterocycles. The fourth-order valence-electron chi connectivity index (χ4n) is 2.51. The van der Waals surface area contributed by atoms with E-state index in [0.717, 1.165) is 12.4 Å². The molecular formula is C13H24N4. The molecule has 0 amide bonds. The lowest BCUT2D eigenvalue weighted by atomic mass is 10.0. The number of rotatable bonds is 4. The van der Waals surface area contributed by atoms with E-state index in [1.54, 1.807) is 0 Å². The van der Waals surface area contributed by atoms with Crippen molar-refractivity contribution < 1.29 is 0 Å². The van der Waals surface area contributed by atoms with Gasteiger partial charge in [0.1, 0.15) is 5.82 Å². The van der Waals surface area contributed by atoms with Crippen LogP contribution in [0.15, 0.2) is 12.4 Å². The van der Waals surface area contributed by atoms with Crippen LogP contribution in [0.25, 0.3) is 0 Å². The molecule has 0 aliphatic carbocycles. The maximum absolute atomic E-state index is 6.20. The van der Waals surface area contributed by atoms with Crippen molar-refractivity contribution in [3.05, 3.63) is 18.2 Å². The Balaban J connectivity index is 2.08. The molecule has 1 aromatic heterocycles. The minimum absolute atomic E-state index is 0.0386. The smallest absolute Gasteiger partial charge is 0.125 e. The van der Waals surface area contributed by atoms with Crippen LogP contribution >= 0.6 is 0 Å². The van der Waals surface area contributed by atoms with E-state index in [9.17, 15) is 0 Å². The molecule has 4 heteroatoms. The average molecular weight is 236 g/mol. The van der Waals surface area contributed by atoms with Gasteiger partial charge in [-0.25, -0.2) is 4.98 Å². The summed E-state index contributed by atoms with van der Waals surface area (Å²) in [7, 11) is 2.21. The Morgan fingerprint density at radius 2 is 2.29 bits per heavy atom. The maximum atomic E-state index is 6.20. The first-order valence-corrected chi connectivity index (χ1v) is 6.56. The third kappa shape index (κ3) is 2.69. The number of imidazole rings is 1. The van der Waals surface area contributed by atoms with Gasteiger partial charge in [0.25, 0.3) is 0 Å². The number of likely N-dealkylation sites (N-methyl/N-ethyl adjacent to an activating group) is 1. The summed E-state index contributed by atoms with van der Waals surface area (Å²) in [5, 5.41) is 0. The van der Waals surface area contributed by atoms with E-state index in [1.807, 2.05) is 6.20 Å². The fourth-order valence-corrected chi connectivity index (χ4v) is 2.51. The standard InChI is InChI=1S/C13H24N4/c1-10(2)12(14)13-15-6-8-17(13)9-11-5-4-7-16(11)3/h6,8,10-12H,4-5,7,9,14H2,1-3H3/t11-,12?/m1/s1. The van der Waals surface area contributed by atoms with Crippen molar-refractivity contribution in [2.24, 2.45) is 11.7 Å². The highest BCUT2D eigenvalue weighted by molar-refractivity contribution is 5.00. The molecule has 4 nitrogen and oxygen atoms in total. The number of hydrogen-bond donors (Lipinski definition) is 1. The molecule has 1 unspecified atom stereocenters. The van der Waals surface area contributed by atoms with Crippen LogP contribution in [0.1, 0.15) is 38.6 Å². The summed E-state index contributed by atoms with van der Waals surface area (Å²) in [6.45, 7) is 6.52. The molecule has 0 radical (unpaired) electrons. The number of aromatic nitrogens is 2. The Morgan fingerprint density at radius 3 is 2.88 bits per heavy atom. The average Bonchev–Trinajstić information content (AvgIpc) is 2.88. The first kappa shape index (κ1) is 12.6. The second kappa shape index (κ2) is 5.19. The van der Waals surface area contributed by atoms with Gasteiger partial charge in [-0.3, -0.25) is 0 Å². The van der Waals surface area contributed by atoms with Gasteiger partial charge in [0.2, 0.25) is 0 Å². The van der Waals surface area contributed by atoms with Crippen molar-refractivity contribution in [2.75, 3.05) is 13.6 Å². The van der Waals surface area contributed by atoms with Gasteiger partial charge in [0.05, 0.1) is 6.04 Å². The zero-order valence-electron chi connectivity index (χ0n) is 11.1. The summed E-state index contributed by atoms with van der Waals surface area (Å²) >= 11 is 0. The van der Waals surface area contributed by atoms with E-state index in [2.05, 4.69) is 41.5 Å². The molecule has 1 aromatic rings. The summed E-state index contributed by atoms with van der Waals surface area (Å²) < 4.78 is 2.23. The molecule has 2 rings (SSSR count). The van der Waals surface area contributed by atoms with Crippen LogP contribution in [0, 0.1) is 5.92 Å². The van der Waals surface area contributed by atoms with Gasteiger partial charge in [-0.1, -0.05) is 13.8 Å². The third-order valence-corrected chi connectivity index (χ3v) is 3.84. The van der Waals surface area contributed by atoms with Crippen LogP contribution < -0.4 is 5.73 Å². The molecule has 17 heavy (non-hydrogen) atoms. The van der Waals surface area contributed by atoms with E-state index in [1.165, 1.54) is 19.4 Å². The number of hydrogen-bond acceptors (Lipinski definition) is 3. The Labute approximate surface area is 104 Å². The SMILES string of the molecule is CC(C)C(N)c1nccn1C[C@H]1CCCN1C.